The monoisotopic (exact) mass is 358 g/mol. The van der Waals surface area contributed by atoms with Crippen molar-refractivity contribution < 1.29 is 9.83 Å². The van der Waals surface area contributed by atoms with Crippen LogP contribution >= 0.6 is 0 Å². The van der Waals surface area contributed by atoms with Gasteiger partial charge in [0.2, 0.25) is 5.91 Å². The van der Waals surface area contributed by atoms with Crippen molar-refractivity contribution in [3.63, 3.8) is 0 Å². The molecule has 0 heterocycles. The van der Waals surface area contributed by atoms with Crippen LogP contribution in [0.4, 0.5) is 0 Å². The molecule has 138 valence electrons. The Labute approximate surface area is 150 Å². The first-order chi connectivity index (χ1) is 12.3. The zero-order chi connectivity index (χ0) is 19.1. The number of primary amides is 1. The molecule has 6 N–H and O–H groups in total. The maximum absolute atomic E-state index is 11.7. The number of aliphatic imine (C=N–C) groups is 1. The van der Waals surface area contributed by atoms with Gasteiger partial charge >= 0.3 is 0 Å². The van der Waals surface area contributed by atoms with E-state index < -0.39 is 23.0 Å². The van der Waals surface area contributed by atoms with E-state index in [-0.39, 0.29) is 12.4 Å². The number of rotatable bonds is 8. The Hall–Kier alpha value is -3.20. The fourth-order valence-electron chi connectivity index (χ4n) is 2.64. The molecular weight excluding hydrogens is 336 g/mol. The first kappa shape index (κ1) is 19.1. The standard InChI is InChI=1S/C17H22N6O3/c1-11(21-17(19)22-23(25)26)8-15(16(18)24)20-10-12-6-7-13-4-2-3-5-14(13)9-12/h2-7,9,11,15,20H,8,10H2,1H3,(H2,18,24)(H3,19,21,22)/t11?,15-/m0/s1. The number of amides is 1. The average molecular weight is 358 g/mol. The molecule has 2 rings (SSSR count). The summed E-state index contributed by atoms with van der Waals surface area (Å²) in [5, 5.41) is 14.9. The highest BCUT2D eigenvalue weighted by Crippen LogP contribution is 2.15. The SMILES string of the molecule is CC(C[C@H](NCc1ccc2ccccc2c1)C(N)=O)N=C(N)N[N+](=O)[O-]. The first-order valence-corrected chi connectivity index (χ1v) is 8.10. The van der Waals surface area contributed by atoms with Crippen LogP contribution in [-0.4, -0.2) is 29.0 Å². The summed E-state index contributed by atoms with van der Waals surface area (Å²) < 4.78 is 0. The van der Waals surface area contributed by atoms with E-state index in [0.717, 1.165) is 16.3 Å². The maximum atomic E-state index is 11.7. The number of nitro groups is 1. The topological polar surface area (TPSA) is 149 Å². The minimum Gasteiger partial charge on any atom is -0.368 e. The zero-order valence-corrected chi connectivity index (χ0v) is 14.4. The largest absolute Gasteiger partial charge is 0.368 e. The van der Waals surface area contributed by atoms with Crippen LogP contribution in [0.1, 0.15) is 18.9 Å². The molecule has 0 fully saturated rings. The quantitative estimate of drug-likeness (QED) is 0.236. The summed E-state index contributed by atoms with van der Waals surface area (Å²) in [5.74, 6) is -0.839. The lowest BCUT2D eigenvalue weighted by Gasteiger charge is -2.18. The fourth-order valence-corrected chi connectivity index (χ4v) is 2.64. The van der Waals surface area contributed by atoms with E-state index in [1.807, 2.05) is 42.5 Å². The molecule has 0 aromatic heterocycles. The van der Waals surface area contributed by atoms with Gasteiger partial charge in [0.05, 0.1) is 12.1 Å². The second kappa shape index (κ2) is 8.77. The van der Waals surface area contributed by atoms with Gasteiger partial charge in [-0.05, 0) is 35.7 Å². The summed E-state index contributed by atoms with van der Waals surface area (Å²) in [4.78, 5) is 25.9. The number of fused-ring (bicyclic) bond motifs is 1. The molecule has 0 bridgehead atoms. The van der Waals surface area contributed by atoms with E-state index in [1.165, 1.54) is 0 Å². The minimum absolute atomic E-state index is 0.267. The van der Waals surface area contributed by atoms with Gasteiger partial charge in [0.25, 0.3) is 5.96 Å². The fraction of sp³-hybridized carbons (Fsp3) is 0.294. The first-order valence-electron chi connectivity index (χ1n) is 8.10. The van der Waals surface area contributed by atoms with Gasteiger partial charge < -0.3 is 16.8 Å². The van der Waals surface area contributed by atoms with E-state index in [4.69, 9.17) is 11.5 Å². The summed E-state index contributed by atoms with van der Waals surface area (Å²) in [6, 6.07) is 13.0. The minimum atomic E-state index is -0.797. The smallest absolute Gasteiger partial charge is 0.251 e. The molecule has 2 aromatic rings. The van der Waals surface area contributed by atoms with Gasteiger partial charge in [0, 0.05) is 6.54 Å². The van der Waals surface area contributed by atoms with Crippen LogP contribution in [-0.2, 0) is 11.3 Å². The Morgan fingerprint density at radius 2 is 1.92 bits per heavy atom. The third kappa shape index (κ3) is 5.71. The number of hydrazine groups is 1. The second-order valence-corrected chi connectivity index (χ2v) is 5.99. The van der Waals surface area contributed by atoms with Crippen LogP contribution in [0.2, 0.25) is 0 Å². The number of carbonyl (C=O) groups excluding carboxylic acids is 1. The Morgan fingerprint density at radius 3 is 2.58 bits per heavy atom. The van der Waals surface area contributed by atoms with Crippen LogP contribution in [0.25, 0.3) is 10.8 Å². The number of nitrogens with one attached hydrogen (secondary N) is 2. The molecule has 0 radical (unpaired) electrons. The lowest BCUT2D eigenvalue weighted by molar-refractivity contribution is -0.525. The summed E-state index contributed by atoms with van der Waals surface area (Å²) >= 11 is 0. The molecule has 26 heavy (non-hydrogen) atoms. The molecule has 9 heteroatoms. The second-order valence-electron chi connectivity index (χ2n) is 5.99. The van der Waals surface area contributed by atoms with Gasteiger partial charge in [0.15, 0.2) is 5.03 Å². The summed E-state index contributed by atoms with van der Waals surface area (Å²) in [7, 11) is 0. The molecule has 0 spiro atoms. The van der Waals surface area contributed by atoms with Crippen LogP contribution in [0.15, 0.2) is 47.5 Å². The van der Waals surface area contributed by atoms with Gasteiger partial charge in [-0.1, -0.05) is 41.8 Å². The maximum Gasteiger partial charge on any atom is 0.251 e. The van der Waals surface area contributed by atoms with Crippen molar-refractivity contribution in [2.45, 2.75) is 32.0 Å². The van der Waals surface area contributed by atoms with E-state index in [9.17, 15) is 14.9 Å². The highest BCUT2D eigenvalue weighted by molar-refractivity contribution is 5.83. The molecule has 2 atom stereocenters. The van der Waals surface area contributed by atoms with Crippen molar-refractivity contribution >= 4 is 22.6 Å². The number of benzene rings is 2. The third-order valence-corrected chi connectivity index (χ3v) is 3.85. The highest BCUT2D eigenvalue weighted by Gasteiger charge is 2.18. The Balaban J connectivity index is 1.98. The van der Waals surface area contributed by atoms with Gasteiger partial charge in [-0.15, -0.1) is 0 Å². The van der Waals surface area contributed by atoms with Crippen LogP contribution in [0, 0.1) is 10.1 Å². The van der Waals surface area contributed by atoms with Gasteiger partial charge in [-0.2, -0.15) is 0 Å². The number of hydrogen-bond acceptors (Lipinski definition) is 5. The summed E-state index contributed by atoms with van der Waals surface area (Å²) in [5.41, 5.74) is 13.6. The van der Waals surface area contributed by atoms with Crippen LogP contribution in [0.3, 0.4) is 0 Å². The van der Waals surface area contributed by atoms with Gasteiger partial charge in [0.1, 0.15) is 0 Å². The van der Waals surface area contributed by atoms with E-state index in [0.29, 0.717) is 6.54 Å². The normalized spacial score (nSPS) is 14.0. The van der Waals surface area contributed by atoms with E-state index in [2.05, 4.69) is 10.3 Å². The zero-order valence-electron chi connectivity index (χ0n) is 14.4. The number of nitrogens with zero attached hydrogens (tertiary/aromatic N) is 2. The van der Waals surface area contributed by atoms with Crippen molar-refractivity contribution in [3.05, 3.63) is 58.1 Å². The number of guanidine groups is 1. The van der Waals surface area contributed by atoms with E-state index in [1.54, 1.807) is 12.3 Å². The Morgan fingerprint density at radius 1 is 1.23 bits per heavy atom. The molecule has 1 amide bonds. The summed E-state index contributed by atoms with van der Waals surface area (Å²) in [6.45, 7) is 2.15. The molecule has 0 aliphatic rings. The van der Waals surface area contributed by atoms with Crippen molar-refractivity contribution in [2.24, 2.45) is 16.5 Å². The molecule has 2 aromatic carbocycles. The van der Waals surface area contributed by atoms with Crippen LogP contribution in [0.5, 0.6) is 0 Å². The highest BCUT2D eigenvalue weighted by atomic mass is 16.7. The van der Waals surface area contributed by atoms with Gasteiger partial charge in [-0.25, -0.2) is 15.1 Å². The van der Waals surface area contributed by atoms with Crippen molar-refractivity contribution in [1.82, 2.24) is 10.7 Å². The average Bonchev–Trinajstić information content (AvgIpc) is 2.57. The summed E-state index contributed by atoms with van der Waals surface area (Å²) in [6.07, 6.45) is 0.267. The van der Waals surface area contributed by atoms with Crippen LogP contribution < -0.4 is 22.2 Å². The third-order valence-electron chi connectivity index (χ3n) is 3.85. The molecule has 9 nitrogen and oxygen atoms in total. The molecule has 0 saturated carbocycles. The molecule has 1 unspecified atom stereocenters. The van der Waals surface area contributed by atoms with Crippen molar-refractivity contribution in [2.75, 3.05) is 0 Å². The molecule has 0 saturated heterocycles. The molecule has 0 aliphatic carbocycles. The number of hydrogen-bond donors (Lipinski definition) is 4. The van der Waals surface area contributed by atoms with E-state index >= 15 is 0 Å². The van der Waals surface area contributed by atoms with Crippen molar-refractivity contribution in [3.8, 4) is 0 Å². The molecule has 0 aliphatic heterocycles. The lowest BCUT2D eigenvalue weighted by Crippen LogP contribution is -2.43. The Kier molecular flexibility index (Phi) is 6.45. The Bertz CT molecular complexity index is 823. The molecular formula is C17H22N6O3. The number of carbonyl (C=O) groups is 1. The van der Waals surface area contributed by atoms with Gasteiger partial charge in [-0.3, -0.25) is 4.79 Å². The predicted octanol–water partition coefficient (Wildman–Crippen LogP) is 0.658. The number of nitrogens with two attached hydrogens (primary N) is 2. The predicted molar refractivity (Wildman–Crippen MR) is 99.6 cm³/mol. The van der Waals surface area contributed by atoms with Crippen molar-refractivity contribution in [1.29, 1.82) is 0 Å². The lowest BCUT2D eigenvalue weighted by atomic mass is 10.1.